The normalized spacial score (nSPS) is 12.1. The number of pyridine rings is 1. The number of hydrogen-bond acceptors (Lipinski definition) is 5. The topological polar surface area (TPSA) is 93.4 Å². The minimum atomic E-state index is -0.0468. The van der Waals surface area contributed by atoms with Gasteiger partial charge in [-0.3, -0.25) is 4.98 Å². The second kappa shape index (κ2) is 4.72. The van der Waals surface area contributed by atoms with Gasteiger partial charge in [0.25, 0.3) is 5.82 Å². The molecule has 0 bridgehead atoms. The number of hydrogen-bond donors (Lipinski definition) is 1. The second-order valence-corrected chi connectivity index (χ2v) is 3.58. The minimum Gasteiger partial charge on any atom is -0.323 e. The van der Waals surface area contributed by atoms with Crippen molar-refractivity contribution in [2.75, 3.05) is 0 Å². The van der Waals surface area contributed by atoms with Crippen LogP contribution in [-0.4, -0.2) is 19.7 Å². The second-order valence-electron chi connectivity index (χ2n) is 3.58. The number of nitrogens with two attached hydrogens (primary N) is 1. The quantitative estimate of drug-likeness (QED) is 0.843. The van der Waals surface area contributed by atoms with E-state index in [9.17, 15) is 0 Å². The zero-order chi connectivity index (χ0) is 12.3. The standard InChI is InChI=1S/C11H12N6/c1-2-9(13)10-4-3-8(6-14-10)17-7-15-11(5-12)16-17/h3-4,6-7,9H,2,13H2,1H3/t9-/m1/s1. The fraction of sp³-hybridized carbons (Fsp3) is 0.273. The maximum absolute atomic E-state index is 8.63. The van der Waals surface area contributed by atoms with Crippen molar-refractivity contribution in [1.82, 2.24) is 19.7 Å². The van der Waals surface area contributed by atoms with Crippen molar-refractivity contribution >= 4 is 0 Å². The Balaban J connectivity index is 2.26. The van der Waals surface area contributed by atoms with Gasteiger partial charge in [-0.2, -0.15) is 5.26 Å². The van der Waals surface area contributed by atoms with Crippen LogP contribution in [-0.2, 0) is 0 Å². The maximum Gasteiger partial charge on any atom is 0.252 e. The highest BCUT2D eigenvalue weighted by Gasteiger charge is 2.06. The molecule has 0 saturated carbocycles. The van der Waals surface area contributed by atoms with Gasteiger partial charge < -0.3 is 5.73 Å². The van der Waals surface area contributed by atoms with Gasteiger partial charge in [-0.15, -0.1) is 5.10 Å². The Morgan fingerprint density at radius 3 is 2.82 bits per heavy atom. The van der Waals surface area contributed by atoms with E-state index in [1.54, 1.807) is 6.20 Å². The molecule has 0 amide bonds. The van der Waals surface area contributed by atoms with Gasteiger partial charge in [0, 0.05) is 6.04 Å². The van der Waals surface area contributed by atoms with E-state index in [0.717, 1.165) is 17.8 Å². The van der Waals surface area contributed by atoms with Gasteiger partial charge >= 0.3 is 0 Å². The van der Waals surface area contributed by atoms with Crippen molar-refractivity contribution in [3.05, 3.63) is 36.2 Å². The van der Waals surface area contributed by atoms with Gasteiger partial charge in [0.05, 0.1) is 17.6 Å². The van der Waals surface area contributed by atoms with Crippen molar-refractivity contribution in [3.8, 4) is 11.8 Å². The zero-order valence-electron chi connectivity index (χ0n) is 9.41. The van der Waals surface area contributed by atoms with Crippen LogP contribution in [0, 0.1) is 11.3 Å². The molecule has 0 unspecified atom stereocenters. The Morgan fingerprint density at radius 1 is 1.47 bits per heavy atom. The Labute approximate surface area is 98.7 Å². The highest BCUT2D eigenvalue weighted by Crippen LogP contribution is 2.12. The van der Waals surface area contributed by atoms with Crippen LogP contribution >= 0.6 is 0 Å². The lowest BCUT2D eigenvalue weighted by Crippen LogP contribution is -2.10. The summed E-state index contributed by atoms with van der Waals surface area (Å²) in [5.74, 6) is 0.138. The molecule has 0 spiro atoms. The third kappa shape index (κ3) is 2.29. The van der Waals surface area contributed by atoms with Gasteiger partial charge in [0.1, 0.15) is 12.4 Å². The molecular formula is C11H12N6. The molecule has 2 N–H and O–H groups in total. The Morgan fingerprint density at radius 2 is 2.29 bits per heavy atom. The average Bonchev–Trinajstić information content (AvgIpc) is 2.87. The predicted molar refractivity (Wildman–Crippen MR) is 61.1 cm³/mol. The predicted octanol–water partition coefficient (Wildman–Crippen LogP) is 0.944. The highest BCUT2D eigenvalue weighted by molar-refractivity contribution is 5.29. The first-order valence-corrected chi connectivity index (χ1v) is 5.28. The Hall–Kier alpha value is -2.26. The van der Waals surface area contributed by atoms with Gasteiger partial charge in [-0.25, -0.2) is 9.67 Å². The first-order chi connectivity index (χ1) is 8.24. The molecule has 0 aliphatic heterocycles. The first-order valence-electron chi connectivity index (χ1n) is 5.28. The number of aromatic nitrogens is 4. The average molecular weight is 228 g/mol. The minimum absolute atomic E-state index is 0.0468. The van der Waals surface area contributed by atoms with E-state index in [1.165, 1.54) is 11.0 Å². The van der Waals surface area contributed by atoms with Crippen molar-refractivity contribution in [2.45, 2.75) is 19.4 Å². The van der Waals surface area contributed by atoms with E-state index in [2.05, 4.69) is 15.1 Å². The summed E-state index contributed by atoms with van der Waals surface area (Å²) in [7, 11) is 0. The van der Waals surface area contributed by atoms with Crippen LogP contribution in [0.5, 0.6) is 0 Å². The Kier molecular flexibility index (Phi) is 3.12. The van der Waals surface area contributed by atoms with Crippen LogP contribution in [0.3, 0.4) is 0 Å². The molecule has 0 fully saturated rings. The summed E-state index contributed by atoms with van der Waals surface area (Å²) in [6.45, 7) is 2.01. The van der Waals surface area contributed by atoms with E-state index in [4.69, 9.17) is 11.0 Å². The molecule has 6 nitrogen and oxygen atoms in total. The number of nitrogens with zero attached hydrogens (tertiary/aromatic N) is 5. The van der Waals surface area contributed by atoms with Crippen molar-refractivity contribution in [3.63, 3.8) is 0 Å². The summed E-state index contributed by atoms with van der Waals surface area (Å²) in [4.78, 5) is 8.09. The third-order valence-electron chi connectivity index (χ3n) is 2.45. The van der Waals surface area contributed by atoms with Crippen LogP contribution in [0.4, 0.5) is 0 Å². The van der Waals surface area contributed by atoms with Gasteiger partial charge in [-0.05, 0) is 18.6 Å². The lowest BCUT2D eigenvalue weighted by atomic mass is 10.1. The van der Waals surface area contributed by atoms with Crippen molar-refractivity contribution in [2.24, 2.45) is 5.73 Å². The molecule has 6 heteroatoms. The molecule has 0 radical (unpaired) electrons. The molecule has 86 valence electrons. The van der Waals surface area contributed by atoms with E-state index in [0.29, 0.717) is 0 Å². The van der Waals surface area contributed by atoms with E-state index in [1.807, 2.05) is 25.1 Å². The monoisotopic (exact) mass is 228 g/mol. The van der Waals surface area contributed by atoms with Crippen LogP contribution in [0.15, 0.2) is 24.7 Å². The molecule has 0 aromatic carbocycles. The summed E-state index contributed by atoms with van der Waals surface area (Å²) >= 11 is 0. The van der Waals surface area contributed by atoms with Crippen LogP contribution in [0.1, 0.15) is 30.9 Å². The molecule has 0 aliphatic carbocycles. The lowest BCUT2D eigenvalue weighted by molar-refractivity contribution is 0.674. The van der Waals surface area contributed by atoms with Crippen LogP contribution in [0.2, 0.25) is 0 Å². The van der Waals surface area contributed by atoms with Crippen LogP contribution in [0.25, 0.3) is 5.69 Å². The molecule has 2 heterocycles. The highest BCUT2D eigenvalue weighted by atomic mass is 15.3. The molecule has 17 heavy (non-hydrogen) atoms. The van der Waals surface area contributed by atoms with E-state index < -0.39 is 0 Å². The lowest BCUT2D eigenvalue weighted by Gasteiger charge is -2.08. The fourth-order valence-electron chi connectivity index (χ4n) is 1.40. The maximum atomic E-state index is 8.63. The van der Waals surface area contributed by atoms with E-state index in [-0.39, 0.29) is 11.9 Å². The smallest absolute Gasteiger partial charge is 0.252 e. The SMILES string of the molecule is CC[C@@H](N)c1ccc(-n2cnc(C#N)n2)cn1. The molecule has 2 aromatic heterocycles. The number of rotatable bonds is 3. The van der Waals surface area contributed by atoms with Gasteiger partial charge in [0.15, 0.2) is 0 Å². The largest absolute Gasteiger partial charge is 0.323 e. The van der Waals surface area contributed by atoms with Crippen molar-refractivity contribution in [1.29, 1.82) is 5.26 Å². The fourth-order valence-corrected chi connectivity index (χ4v) is 1.40. The first kappa shape index (κ1) is 11.2. The summed E-state index contributed by atoms with van der Waals surface area (Å²) in [6.07, 6.45) is 3.99. The van der Waals surface area contributed by atoms with E-state index >= 15 is 0 Å². The summed E-state index contributed by atoms with van der Waals surface area (Å²) in [6, 6.07) is 5.54. The molecular weight excluding hydrogens is 216 g/mol. The third-order valence-corrected chi connectivity index (χ3v) is 2.45. The molecule has 1 atom stereocenters. The molecule has 0 aliphatic rings. The van der Waals surface area contributed by atoms with Gasteiger partial charge in [-0.1, -0.05) is 6.92 Å². The zero-order valence-corrected chi connectivity index (χ0v) is 9.41. The molecule has 0 saturated heterocycles. The van der Waals surface area contributed by atoms with Gasteiger partial charge in [0.2, 0.25) is 0 Å². The van der Waals surface area contributed by atoms with Crippen LogP contribution < -0.4 is 5.73 Å². The summed E-state index contributed by atoms with van der Waals surface area (Å²) < 4.78 is 1.51. The number of nitriles is 1. The molecule has 2 rings (SSSR count). The Bertz CT molecular complexity index is 536. The summed E-state index contributed by atoms with van der Waals surface area (Å²) in [5, 5.41) is 12.6. The molecule has 2 aromatic rings. The summed E-state index contributed by atoms with van der Waals surface area (Å²) in [5.41, 5.74) is 7.47. The van der Waals surface area contributed by atoms with Crippen molar-refractivity contribution < 1.29 is 0 Å².